The quantitative estimate of drug-likeness (QED) is 0.488. The van der Waals surface area contributed by atoms with Gasteiger partial charge in [-0.1, -0.05) is 35.6 Å². The van der Waals surface area contributed by atoms with Gasteiger partial charge >= 0.3 is 0 Å². The molecule has 0 aliphatic carbocycles. The Morgan fingerprint density at radius 3 is 2.72 bits per heavy atom. The van der Waals surface area contributed by atoms with Crippen LogP contribution < -0.4 is 4.90 Å². The van der Waals surface area contributed by atoms with Gasteiger partial charge in [0.15, 0.2) is 11.5 Å². The number of amides is 1. The van der Waals surface area contributed by atoms with E-state index in [2.05, 4.69) is 10.2 Å². The van der Waals surface area contributed by atoms with Crippen LogP contribution in [0.3, 0.4) is 0 Å². The fourth-order valence-electron chi connectivity index (χ4n) is 3.36. The van der Waals surface area contributed by atoms with Crippen molar-refractivity contribution in [2.45, 2.75) is 13.0 Å². The molecule has 7 nitrogen and oxygen atoms in total. The van der Waals surface area contributed by atoms with Crippen molar-refractivity contribution >= 4 is 50.5 Å². The molecule has 1 aromatic carbocycles. The summed E-state index contributed by atoms with van der Waals surface area (Å²) in [7, 11) is 0. The first-order chi connectivity index (χ1) is 14.0. The molecule has 9 heteroatoms. The van der Waals surface area contributed by atoms with E-state index in [1.165, 1.54) is 27.6 Å². The first kappa shape index (κ1) is 17.8. The van der Waals surface area contributed by atoms with Gasteiger partial charge in [-0.05, 0) is 30.5 Å². The zero-order valence-corrected chi connectivity index (χ0v) is 16.7. The molecule has 3 aromatic heterocycles. The minimum Gasteiger partial charge on any atom is -0.503 e. The van der Waals surface area contributed by atoms with Gasteiger partial charge in [-0.15, -0.1) is 21.5 Å². The highest BCUT2D eigenvalue weighted by molar-refractivity contribution is 7.15. The third kappa shape index (κ3) is 2.78. The molecule has 1 N–H and O–H groups in total. The molecule has 5 rings (SSSR count). The van der Waals surface area contributed by atoms with Crippen molar-refractivity contribution in [3.63, 3.8) is 0 Å². The van der Waals surface area contributed by atoms with Crippen molar-refractivity contribution in [2.24, 2.45) is 0 Å². The molecular weight excluding hydrogens is 410 g/mol. The van der Waals surface area contributed by atoms with E-state index in [0.29, 0.717) is 15.7 Å². The number of carbonyl (C=O) groups is 2. The molecule has 29 heavy (non-hydrogen) atoms. The number of benzene rings is 1. The Bertz CT molecular complexity index is 1250. The number of Topliss-reactive ketones (excluding diaryl/α,β-unsaturated/α-hetero) is 1. The maximum Gasteiger partial charge on any atom is 0.296 e. The summed E-state index contributed by atoms with van der Waals surface area (Å²) in [4.78, 5) is 28.3. The van der Waals surface area contributed by atoms with E-state index < -0.39 is 23.5 Å². The Balaban J connectivity index is 1.65. The molecular formula is C20H13N3O4S2. The number of carbonyl (C=O) groups excluding carboxylic acids is 2. The summed E-state index contributed by atoms with van der Waals surface area (Å²) in [6.45, 7) is 1.77. The molecule has 4 heterocycles. The minimum atomic E-state index is -0.796. The van der Waals surface area contributed by atoms with Crippen LogP contribution in [0.2, 0.25) is 0 Å². The van der Waals surface area contributed by atoms with E-state index >= 15 is 0 Å². The van der Waals surface area contributed by atoms with Crippen LogP contribution in [0, 0.1) is 6.92 Å². The maximum absolute atomic E-state index is 13.3. The lowest BCUT2D eigenvalue weighted by atomic mass is 10.0. The Labute approximate surface area is 172 Å². The van der Waals surface area contributed by atoms with E-state index in [4.69, 9.17) is 4.42 Å². The molecule has 1 atom stereocenters. The average molecular weight is 423 g/mol. The third-order valence-corrected chi connectivity index (χ3v) is 6.40. The molecule has 0 spiro atoms. The smallest absolute Gasteiger partial charge is 0.296 e. The Morgan fingerprint density at radius 2 is 2.03 bits per heavy atom. The number of para-hydroxylation sites is 1. The molecule has 0 bridgehead atoms. The van der Waals surface area contributed by atoms with Crippen LogP contribution in [-0.4, -0.2) is 27.0 Å². The lowest BCUT2D eigenvalue weighted by Gasteiger charge is -2.22. The van der Waals surface area contributed by atoms with Crippen molar-refractivity contribution in [3.8, 4) is 0 Å². The Hall–Kier alpha value is -3.30. The van der Waals surface area contributed by atoms with Crippen LogP contribution in [0.1, 0.15) is 26.5 Å². The summed E-state index contributed by atoms with van der Waals surface area (Å²) in [6.07, 6.45) is 0. The molecule has 0 unspecified atom stereocenters. The van der Waals surface area contributed by atoms with Gasteiger partial charge in [-0.2, -0.15) is 0 Å². The maximum atomic E-state index is 13.3. The highest BCUT2D eigenvalue weighted by Crippen LogP contribution is 2.44. The predicted molar refractivity (Wildman–Crippen MR) is 109 cm³/mol. The normalized spacial score (nSPS) is 16.9. The van der Waals surface area contributed by atoms with Gasteiger partial charge in [0.05, 0.1) is 5.57 Å². The van der Waals surface area contributed by atoms with Crippen molar-refractivity contribution in [1.82, 2.24) is 10.2 Å². The van der Waals surface area contributed by atoms with Crippen LogP contribution in [0.5, 0.6) is 0 Å². The monoisotopic (exact) mass is 423 g/mol. The number of fused-ring (bicyclic) bond motifs is 1. The second kappa shape index (κ2) is 6.64. The van der Waals surface area contributed by atoms with Gasteiger partial charge in [0.1, 0.15) is 16.6 Å². The lowest BCUT2D eigenvalue weighted by molar-refractivity contribution is -0.117. The van der Waals surface area contributed by atoms with Crippen molar-refractivity contribution in [3.05, 3.63) is 74.8 Å². The fourth-order valence-corrected chi connectivity index (χ4v) is 4.90. The lowest BCUT2D eigenvalue weighted by Crippen LogP contribution is -2.30. The van der Waals surface area contributed by atoms with Crippen LogP contribution in [0.25, 0.3) is 11.0 Å². The van der Waals surface area contributed by atoms with Gasteiger partial charge in [-0.3, -0.25) is 14.5 Å². The number of furan rings is 1. The highest BCUT2D eigenvalue weighted by Gasteiger charge is 2.47. The first-order valence-corrected chi connectivity index (χ1v) is 10.4. The number of aliphatic hydroxyl groups excluding tert-OH is 1. The Kier molecular flexibility index (Phi) is 4.07. The molecule has 144 valence electrons. The number of anilines is 1. The minimum absolute atomic E-state index is 0.0237. The average Bonchev–Trinajstić information content (AvgIpc) is 3.49. The predicted octanol–water partition coefficient (Wildman–Crippen LogP) is 4.44. The van der Waals surface area contributed by atoms with Crippen LogP contribution >= 0.6 is 22.7 Å². The van der Waals surface area contributed by atoms with Gasteiger partial charge in [-0.25, -0.2) is 0 Å². The summed E-state index contributed by atoms with van der Waals surface area (Å²) in [5.41, 5.74) is 0.536. The number of hydrogen-bond donors (Lipinski definition) is 1. The SMILES string of the molecule is Cc1nnc(N2C(=O)C(O)=C(C(=O)c3cc4ccccc4o3)[C@@H]2c2cccs2)s1. The van der Waals surface area contributed by atoms with Gasteiger partial charge in [0, 0.05) is 10.3 Å². The van der Waals surface area contributed by atoms with Gasteiger partial charge < -0.3 is 9.52 Å². The van der Waals surface area contributed by atoms with Crippen molar-refractivity contribution in [2.75, 3.05) is 4.90 Å². The van der Waals surface area contributed by atoms with Crippen molar-refractivity contribution < 1.29 is 19.1 Å². The summed E-state index contributed by atoms with van der Waals surface area (Å²) in [5.74, 6) is -1.74. The molecule has 0 fully saturated rings. The van der Waals surface area contributed by atoms with Crippen LogP contribution in [0.4, 0.5) is 5.13 Å². The summed E-state index contributed by atoms with van der Waals surface area (Å²) in [6, 6.07) is 11.7. The number of aliphatic hydroxyl groups is 1. The third-order valence-electron chi connectivity index (χ3n) is 4.64. The molecule has 1 amide bonds. The largest absolute Gasteiger partial charge is 0.503 e. The number of aromatic nitrogens is 2. The summed E-state index contributed by atoms with van der Waals surface area (Å²) < 4.78 is 5.69. The summed E-state index contributed by atoms with van der Waals surface area (Å²) >= 11 is 2.61. The number of rotatable bonds is 4. The molecule has 0 saturated heterocycles. The molecule has 0 saturated carbocycles. The molecule has 1 aliphatic heterocycles. The number of hydrogen-bond acceptors (Lipinski definition) is 8. The number of aryl methyl sites for hydroxylation is 1. The molecule has 0 radical (unpaired) electrons. The first-order valence-electron chi connectivity index (χ1n) is 8.68. The van der Waals surface area contributed by atoms with E-state index in [9.17, 15) is 14.7 Å². The zero-order chi connectivity index (χ0) is 20.1. The second-order valence-electron chi connectivity index (χ2n) is 6.44. The van der Waals surface area contributed by atoms with E-state index in [1.807, 2.05) is 35.7 Å². The van der Waals surface area contributed by atoms with Crippen molar-refractivity contribution in [1.29, 1.82) is 0 Å². The van der Waals surface area contributed by atoms with E-state index in [1.54, 1.807) is 19.1 Å². The Morgan fingerprint density at radius 1 is 1.21 bits per heavy atom. The van der Waals surface area contributed by atoms with Crippen LogP contribution in [0.15, 0.2) is 63.6 Å². The number of nitrogens with zero attached hydrogens (tertiary/aromatic N) is 3. The molecule has 1 aliphatic rings. The van der Waals surface area contributed by atoms with Crippen LogP contribution in [-0.2, 0) is 4.79 Å². The number of ketones is 1. The fraction of sp³-hybridized carbons (Fsp3) is 0.100. The van der Waals surface area contributed by atoms with E-state index in [0.717, 1.165) is 10.3 Å². The topological polar surface area (TPSA) is 96.5 Å². The molecule has 4 aromatic rings. The summed E-state index contributed by atoms with van der Waals surface area (Å²) in [5, 5.41) is 22.3. The second-order valence-corrected chi connectivity index (χ2v) is 8.58. The zero-order valence-electron chi connectivity index (χ0n) is 15.0. The van der Waals surface area contributed by atoms with Gasteiger partial charge in [0.25, 0.3) is 5.91 Å². The van der Waals surface area contributed by atoms with Gasteiger partial charge in [0.2, 0.25) is 10.9 Å². The highest BCUT2D eigenvalue weighted by atomic mass is 32.1. The van der Waals surface area contributed by atoms with E-state index in [-0.39, 0.29) is 11.3 Å². The standard InChI is InChI=1S/C20H13N3O4S2/c1-10-21-22-20(29-10)23-16(14-7-4-8-28-14)15(18(25)19(23)26)17(24)13-9-11-5-2-3-6-12(11)27-13/h2-9,16,25H,1H3/t16-/m0/s1. The number of thiophene rings is 1.